The van der Waals surface area contributed by atoms with E-state index in [1.807, 2.05) is 97.1 Å². The first-order valence-electron chi connectivity index (χ1n) is 9.87. The number of carbonyl (C=O) groups excluding carboxylic acids is 2. The number of rotatable bonds is 8. The molecule has 0 saturated heterocycles. The molecule has 0 radical (unpaired) electrons. The van der Waals surface area contributed by atoms with Crippen LogP contribution in [0, 0.1) is 0 Å². The lowest BCUT2D eigenvalue weighted by Crippen LogP contribution is -2.40. The number of hydrogen-bond donors (Lipinski definition) is 0. The van der Waals surface area contributed by atoms with Crippen molar-refractivity contribution in [3.63, 3.8) is 0 Å². The molecule has 31 heavy (non-hydrogen) atoms. The Balaban J connectivity index is 1.90. The van der Waals surface area contributed by atoms with Crippen LogP contribution in [0.2, 0.25) is 0 Å². The van der Waals surface area contributed by atoms with Gasteiger partial charge >= 0.3 is 0 Å². The van der Waals surface area contributed by atoms with E-state index in [2.05, 4.69) is 0 Å². The van der Waals surface area contributed by atoms with Gasteiger partial charge in [-0.3, -0.25) is 9.59 Å². The summed E-state index contributed by atoms with van der Waals surface area (Å²) in [5.41, 5.74) is 1.03. The number of thioether (sulfide) groups is 2. The zero-order chi connectivity index (χ0) is 21.5. The summed E-state index contributed by atoms with van der Waals surface area (Å²) in [5, 5.41) is 0. The quantitative estimate of drug-likeness (QED) is 0.127. The van der Waals surface area contributed by atoms with Crippen molar-refractivity contribution in [2.24, 2.45) is 0 Å². The monoisotopic (exact) mass is 440 g/mol. The van der Waals surface area contributed by atoms with Crippen LogP contribution in [0.4, 0.5) is 0 Å². The number of Topliss-reactive ketones (excluding diaryl/α,β-unsaturated/α-hetero) is 2. The number of carbonyl (C=O) groups is 2. The summed E-state index contributed by atoms with van der Waals surface area (Å²) in [6.07, 6.45) is 0. The van der Waals surface area contributed by atoms with E-state index in [1.165, 1.54) is 23.5 Å². The van der Waals surface area contributed by atoms with E-state index in [-0.39, 0.29) is 11.6 Å². The van der Waals surface area contributed by atoms with Gasteiger partial charge < -0.3 is 0 Å². The lowest BCUT2D eigenvalue weighted by Gasteiger charge is -2.30. The molecular weight excluding hydrogens is 420 g/mol. The van der Waals surface area contributed by atoms with Gasteiger partial charge in [0, 0.05) is 20.9 Å². The van der Waals surface area contributed by atoms with Crippen molar-refractivity contribution in [2.75, 3.05) is 0 Å². The highest BCUT2D eigenvalue weighted by Crippen LogP contribution is 2.49. The standard InChI is InChI=1S/C27H20O2S2/c28-25(21-13-5-1-6-14-21)27(30-23-17-9-3-10-18-23,31-24-19-11-4-12-20-24)26(29)22-15-7-2-8-16-22/h1-20H. The Morgan fingerprint density at radius 1 is 0.452 bits per heavy atom. The zero-order valence-electron chi connectivity index (χ0n) is 16.7. The summed E-state index contributed by atoms with van der Waals surface area (Å²) in [7, 11) is 0. The molecule has 0 unspecified atom stereocenters. The highest BCUT2D eigenvalue weighted by molar-refractivity contribution is 8.20. The van der Waals surface area contributed by atoms with Gasteiger partial charge in [0.25, 0.3) is 0 Å². The Hall–Kier alpha value is -3.08. The normalized spacial score (nSPS) is 11.1. The van der Waals surface area contributed by atoms with Gasteiger partial charge in [-0.15, -0.1) is 0 Å². The van der Waals surface area contributed by atoms with Crippen molar-refractivity contribution in [1.29, 1.82) is 0 Å². The Labute approximate surface area is 190 Å². The third kappa shape index (κ3) is 4.82. The molecule has 4 aromatic rings. The minimum Gasteiger partial charge on any atom is -0.291 e. The maximum absolute atomic E-state index is 14.0. The molecule has 4 rings (SSSR count). The van der Waals surface area contributed by atoms with E-state index in [9.17, 15) is 9.59 Å². The first kappa shape index (κ1) is 21.2. The van der Waals surface area contributed by atoms with Crippen LogP contribution in [0.1, 0.15) is 20.7 Å². The Kier molecular flexibility index (Phi) is 6.70. The van der Waals surface area contributed by atoms with Crippen LogP contribution in [-0.4, -0.2) is 15.6 Å². The van der Waals surface area contributed by atoms with Gasteiger partial charge in [-0.05, 0) is 24.3 Å². The predicted octanol–water partition coefficient (Wildman–Crippen LogP) is 7.03. The fourth-order valence-electron chi connectivity index (χ4n) is 3.18. The number of ketones is 2. The van der Waals surface area contributed by atoms with E-state index in [4.69, 9.17) is 0 Å². The molecule has 0 aromatic heterocycles. The van der Waals surface area contributed by atoms with Crippen LogP contribution in [0.5, 0.6) is 0 Å². The lowest BCUT2D eigenvalue weighted by atomic mass is 10.0. The second-order valence-electron chi connectivity index (χ2n) is 6.84. The molecule has 0 heterocycles. The second-order valence-corrected chi connectivity index (χ2v) is 9.67. The SMILES string of the molecule is O=C(c1ccccc1)C(Sc1ccccc1)(Sc1ccccc1)C(=O)c1ccccc1. The smallest absolute Gasteiger partial charge is 0.197 e. The van der Waals surface area contributed by atoms with E-state index >= 15 is 0 Å². The summed E-state index contributed by atoms with van der Waals surface area (Å²) in [6, 6.07) is 37.4. The molecule has 0 aliphatic carbocycles. The van der Waals surface area contributed by atoms with Gasteiger partial charge in [-0.25, -0.2) is 0 Å². The Morgan fingerprint density at radius 2 is 0.742 bits per heavy atom. The largest absolute Gasteiger partial charge is 0.291 e. The Bertz CT molecular complexity index is 1050. The number of benzene rings is 4. The number of hydrogen-bond acceptors (Lipinski definition) is 4. The first-order valence-corrected chi connectivity index (χ1v) is 11.5. The van der Waals surface area contributed by atoms with Gasteiger partial charge in [0.1, 0.15) is 0 Å². The van der Waals surface area contributed by atoms with Gasteiger partial charge in [0.05, 0.1) is 0 Å². The highest BCUT2D eigenvalue weighted by Gasteiger charge is 2.48. The molecule has 2 nitrogen and oxygen atoms in total. The summed E-state index contributed by atoms with van der Waals surface area (Å²) < 4.78 is -1.41. The molecule has 0 fully saturated rings. The topological polar surface area (TPSA) is 34.1 Å². The minimum atomic E-state index is -1.41. The van der Waals surface area contributed by atoms with Crippen LogP contribution < -0.4 is 0 Å². The molecule has 0 amide bonds. The average molecular weight is 441 g/mol. The van der Waals surface area contributed by atoms with E-state index in [0.717, 1.165) is 9.79 Å². The van der Waals surface area contributed by atoms with Crippen LogP contribution >= 0.6 is 23.5 Å². The van der Waals surface area contributed by atoms with Crippen LogP contribution in [0.3, 0.4) is 0 Å². The molecule has 4 aromatic carbocycles. The minimum absolute atomic E-state index is 0.218. The van der Waals surface area contributed by atoms with Crippen molar-refractivity contribution < 1.29 is 9.59 Å². The van der Waals surface area contributed by atoms with Crippen molar-refractivity contribution in [1.82, 2.24) is 0 Å². The molecule has 0 bridgehead atoms. The zero-order valence-corrected chi connectivity index (χ0v) is 18.3. The molecule has 0 saturated carbocycles. The van der Waals surface area contributed by atoms with Crippen LogP contribution in [0.15, 0.2) is 131 Å². The maximum Gasteiger partial charge on any atom is 0.197 e. The van der Waals surface area contributed by atoms with Crippen LogP contribution in [-0.2, 0) is 0 Å². The van der Waals surface area contributed by atoms with Gasteiger partial charge in [-0.1, -0.05) is 121 Å². The van der Waals surface area contributed by atoms with Gasteiger partial charge in [0.2, 0.25) is 0 Å². The van der Waals surface area contributed by atoms with Crippen LogP contribution in [0.25, 0.3) is 0 Å². The summed E-state index contributed by atoms with van der Waals surface area (Å²) >= 11 is 2.60. The molecule has 0 spiro atoms. The summed E-state index contributed by atoms with van der Waals surface area (Å²) in [4.78, 5) is 29.8. The van der Waals surface area contributed by atoms with Crippen molar-refractivity contribution >= 4 is 35.1 Å². The first-order chi connectivity index (χ1) is 15.2. The van der Waals surface area contributed by atoms with E-state index in [1.54, 1.807) is 24.3 Å². The molecule has 0 atom stereocenters. The third-order valence-corrected chi connectivity index (χ3v) is 7.51. The van der Waals surface area contributed by atoms with E-state index < -0.39 is 4.08 Å². The highest BCUT2D eigenvalue weighted by atomic mass is 32.2. The lowest BCUT2D eigenvalue weighted by molar-refractivity contribution is 0.0887. The fourth-order valence-corrected chi connectivity index (χ4v) is 6.01. The van der Waals surface area contributed by atoms with Crippen molar-refractivity contribution in [2.45, 2.75) is 13.9 Å². The molecule has 152 valence electrons. The molecule has 0 aliphatic heterocycles. The average Bonchev–Trinajstić information content (AvgIpc) is 2.85. The van der Waals surface area contributed by atoms with Gasteiger partial charge in [-0.2, -0.15) is 0 Å². The molecule has 0 aliphatic rings. The fraction of sp³-hybridized carbons (Fsp3) is 0.0370. The molecular formula is C27H20O2S2. The third-order valence-electron chi connectivity index (χ3n) is 4.68. The van der Waals surface area contributed by atoms with Crippen molar-refractivity contribution in [3.05, 3.63) is 132 Å². The molecule has 4 heteroatoms. The second kappa shape index (κ2) is 9.82. The summed E-state index contributed by atoms with van der Waals surface area (Å²) in [6.45, 7) is 0. The summed E-state index contributed by atoms with van der Waals surface area (Å²) in [5.74, 6) is -0.436. The molecule has 0 N–H and O–H groups in total. The van der Waals surface area contributed by atoms with E-state index in [0.29, 0.717) is 11.1 Å². The van der Waals surface area contributed by atoms with Gasteiger partial charge in [0.15, 0.2) is 15.6 Å². The predicted molar refractivity (Wildman–Crippen MR) is 129 cm³/mol. The Morgan fingerprint density at radius 3 is 1.06 bits per heavy atom. The van der Waals surface area contributed by atoms with Crippen molar-refractivity contribution in [3.8, 4) is 0 Å². The maximum atomic E-state index is 14.0.